The van der Waals surface area contributed by atoms with Gasteiger partial charge in [-0.3, -0.25) is 4.79 Å². The molecule has 0 saturated carbocycles. The molecular formula is C19H21NO5S. The molecule has 1 aliphatic carbocycles. The second-order valence-corrected chi connectivity index (χ2v) is 7.03. The van der Waals surface area contributed by atoms with Crippen LogP contribution >= 0.6 is 11.3 Å². The van der Waals surface area contributed by atoms with E-state index in [1.165, 1.54) is 25.6 Å². The normalized spacial score (nSPS) is 12.9. The molecule has 138 valence electrons. The van der Waals surface area contributed by atoms with Gasteiger partial charge in [-0.15, -0.1) is 11.3 Å². The number of rotatable bonds is 5. The molecule has 1 aliphatic rings. The Labute approximate surface area is 156 Å². The maximum Gasteiger partial charge on any atom is 0.341 e. The van der Waals surface area contributed by atoms with Crippen molar-refractivity contribution < 1.29 is 23.8 Å². The van der Waals surface area contributed by atoms with E-state index >= 15 is 0 Å². The molecule has 0 spiro atoms. The quantitative estimate of drug-likeness (QED) is 0.807. The van der Waals surface area contributed by atoms with Crippen LogP contribution in [0.4, 0.5) is 5.00 Å². The zero-order valence-corrected chi connectivity index (χ0v) is 15.8. The van der Waals surface area contributed by atoms with Crippen molar-refractivity contribution in [1.29, 1.82) is 0 Å². The molecule has 1 heterocycles. The lowest BCUT2D eigenvalue weighted by Gasteiger charge is -2.12. The molecule has 0 saturated heterocycles. The van der Waals surface area contributed by atoms with Crippen LogP contribution in [0.1, 0.15) is 44.0 Å². The van der Waals surface area contributed by atoms with Crippen LogP contribution in [-0.4, -0.2) is 33.2 Å². The van der Waals surface area contributed by atoms with Gasteiger partial charge in [-0.1, -0.05) is 0 Å². The van der Waals surface area contributed by atoms with Crippen LogP contribution in [0, 0.1) is 0 Å². The summed E-state index contributed by atoms with van der Waals surface area (Å²) in [5, 5.41) is 3.40. The highest BCUT2D eigenvalue weighted by Crippen LogP contribution is 2.39. The fourth-order valence-corrected chi connectivity index (χ4v) is 4.40. The number of benzene rings is 1. The second kappa shape index (κ2) is 7.78. The van der Waals surface area contributed by atoms with E-state index in [-0.39, 0.29) is 5.91 Å². The van der Waals surface area contributed by atoms with Crippen LogP contribution in [-0.2, 0) is 17.6 Å². The van der Waals surface area contributed by atoms with Gasteiger partial charge >= 0.3 is 5.97 Å². The molecule has 6 nitrogen and oxygen atoms in total. The van der Waals surface area contributed by atoms with Crippen molar-refractivity contribution in [2.45, 2.75) is 25.7 Å². The number of carbonyl (C=O) groups excluding carboxylic acids is 2. The van der Waals surface area contributed by atoms with Crippen molar-refractivity contribution in [3.05, 3.63) is 39.8 Å². The minimum atomic E-state index is -0.415. The zero-order chi connectivity index (χ0) is 18.7. The highest BCUT2D eigenvalue weighted by Gasteiger charge is 2.27. The molecule has 2 aromatic rings. The summed E-state index contributed by atoms with van der Waals surface area (Å²) in [5.41, 5.74) is 1.86. The molecule has 0 atom stereocenters. The summed E-state index contributed by atoms with van der Waals surface area (Å²) in [6, 6.07) is 4.98. The van der Waals surface area contributed by atoms with Gasteiger partial charge in [-0.2, -0.15) is 0 Å². The molecule has 0 radical (unpaired) electrons. The molecule has 26 heavy (non-hydrogen) atoms. The van der Waals surface area contributed by atoms with Crippen LogP contribution < -0.4 is 14.8 Å². The van der Waals surface area contributed by atoms with Gasteiger partial charge < -0.3 is 19.5 Å². The van der Waals surface area contributed by atoms with E-state index in [1.807, 2.05) is 0 Å². The van der Waals surface area contributed by atoms with E-state index in [0.717, 1.165) is 36.1 Å². The smallest absolute Gasteiger partial charge is 0.341 e. The van der Waals surface area contributed by atoms with Crippen LogP contribution in [0.2, 0.25) is 0 Å². The van der Waals surface area contributed by atoms with Gasteiger partial charge in [-0.05, 0) is 43.4 Å². The predicted molar refractivity (Wildman–Crippen MR) is 99.8 cm³/mol. The van der Waals surface area contributed by atoms with Gasteiger partial charge in [0, 0.05) is 10.9 Å². The monoisotopic (exact) mass is 375 g/mol. The maximum absolute atomic E-state index is 12.8. The van der Waals surface area contributed by atoms with Crippen LogP contribution in [0.3, 0.4) is 0 Å². The van der Waals surface area contributed by atoms with Crippen molar-refractivity contribution in [1.82, 2.24) is 0 Å². The van der Waals surface area contributed by atoms with E-state index in [0.29, 0.717) is 27.6 Å². The summed E-state index contributed by atoms with van der Waals surface area (Å²) in [6.07, 6.45) is 3.88. The Kier molecular flexibility index (Phi) is 5.46. The van der Waals surface area contributed by atoms with Crippen molar-refractivity contribution in [2.75, 3.05) is 26.6 Å². The number of esters is 1. The zero-order valence-electron chi connectivity index (χ0n) is 15.0. The number of methoxy groups -OCH3 is 3. The molecule has 0 bridgehead atoms. The fraction of sp³-hybridized carbons (Fsp3) is 0.368. The van der Waals surface area contributed by atoms with Crippen molar-refractivity contribution in [3.63, 3.8) is 0 Å². The van der Waals surface area contributed by atoms with Gasteiger partial charge in [0.05, 0.1) is 32.5 Å². The molecule has 0 aliphatic heterocycles. The summed E-state index contributed by atoms with van der Waals surface area (Å²) >= 11 is 1.45. The van der Waals surface area contributed by atoms with E-state index in [2.05, 4.69) is 5.32 Å². The summed E-state index contributed by atoms with van der Waals surface area (Å²) in [7, 11) is 4.40. The number of nitrogens with one attached hydrogen (secondary N) is 1. The third-order valence-corrected chi connectivity index (χ3v) is 5.65. The first-order chi connectivity index (χ1) is 12.6. The van der Waals surface area contributed by atoms with E-state index in [9.17, 15) is 9.59 Å². The molecule has 1 aromatic carbocycles. The average molecular weight is 375 g/mol. The Bertz CT molecular complexity index is 843. The number of amides is 1. The Hall–Kier alpha value is -2.54. The number of thiophene rings is 1. The van der Waals surface area contributed by atoms with Gasteiger partial charge in [-0.25, -0.2) is 4.79 Å². The lowest BCUT2D eigenvalue weighted by molar-refractivity contribution is 0.0601. The summed E-state index contributed by atoms with van der Waals surface area (Å²) in [5.74, 6) is 0.248. The third-order valence-electron chi connectivity index (χ3n) is 4.44. The molecule has 1 aromatic heterocycles. The summed E-state index contributed by atoms with van der Waals surface area (Å²) in [6.45, 7) is 0. The number of hydrogen-bond donors (Lipinski definition) is 1. The first kappa shape index (κ1) is 18.3. The standard InChI is InChI=1S/C19H21NO5S/c1-23-11-8-9-12(14(10-11)24-2)17(21)20-18-16(19(22)25-3)13-6-4-5-7-15(13)26-18/h8-10H,4-7H2,1-3H3,(H,20,21). The van der Waals surface area contributed by atoms with Crippen molar-refractivity contribution in [3.8, 4) is 11.5 Å². The van der Waals surface area contributed by atoms with E-state index in [1.54, 1.807) is 25.3 Å². The first-order valence-electron chi connectivity index (χ1n) is 8.35. The SMILES string of the molecule is COC(=O)c1c(NC(=O)c2ccc(OC)cc2OC)sc2c1CCCC2. The number of hydrogen-bond acceptors (Lipinski definition) is 6. The Morgan fingerprint density at radius 1 is 1.08 bits per heavy atom. The third kappa shape index (κ3) is 3.39. The van der Waals surface area contributed by atoms with Crippen LogP contribution in [0.5, 0.6) is 11.5 Å². The topological polar surface area (TPSA) is 73.9 Å². The van der Waals surface area contributed by atoms with Gasteiger partial charge in [0.15, 0.2) is 0 Å². The van der Waals surface area contributed by atoms with Crippen LogP contribution in [0.25, 0.3) is 0 Å². The maximum atomic E-state index is 12.8. The highest BCUT2D eigenvalue weighted by molar-refractivity contribution is 7.17. The molecular weight excluding hydrogens is 354 g/mol. The summed E-state index contributed by atoms with van der Waals surface area (Å²) < 4.78 is 15.4. The molecule has 3 rings (SSSR count). The molecule has 0 unspecified atom stereocenters. The first-order valence-corrected chi connectivity index (χ1v) is 9.17. The van der Waals surface area contributed by atoms with Gasteiger partial charge in [0.2, 0.25) is 0 Å². The number of aryl methyl sites for hydroxylation is 1. The van der Waals surface area contributed by atoms with Crippen molar-refractivity contribution >= 4 is 28.2 Å². The fourth-order valence-electron chi connectivity index (χ4n) is 3.13. The lowest BCUT2D eigenvalue weighted by atomic mass is 9.95. The largest absolute Gasteiger partial charge is 0.497 e. The Morgan fingerprint density at radius 2 is 1.85 bits per heavy atom. The number of ether oxygens (including phenoxy) is 3. The molecule has 1 N–H and O–H groups in total. The lowest BCUT2D eigenvalue weighted by Crippen LogP contribution is -2.16. The highest BCUT2D eigenvalue weighted by atomic mass is 32.1. The van der Waals surface area contributed by atoms with E-state index < -0.39 is 5.97 Å². The minimum Gasteiger partial charge on any atom is -0.497 e. The number of carbonyl (C=O) groups is 2. The van der Waals surface area contributed by atoms with E-state index in [4.69, 9.17) is 14.2 Å². The second-order valence-electron chi connectivity index (χ2n) is 5.93. The average Bonchev–Trinajstić information content (AvgIpc) is 3.04. The Morgan fingerprint density at radius 3 is 2.54 bits per heavy atom. The Balaban J connectivity index is 1.95. The number of fused-ring (bicyclic) bond motifs is 1. The molecule has 0 fully saturated rings. The molecule has 1 amide bonds. The van der Waals surface area contributed by atoms with Crippen molar-refractivity contribution in [2.24, 2.45) is 0 Å². The minimum absolute atomic E-state index is 0.340. The predicted octanol–water partition coefficient (Wildman–Crippen LogP) is 3.68. The van der Waals surface area contributed by atoms with Gasteiger partial charge in [0.1, 0.15) is 16.5 Å². The molecule has 7 heteroatoms. The number of anilines is 1. The van der Waals surface area contributed by atoms with Gasteiger partial charge in [0.25, 0.3) is 5.91 Å². The van der Waals surface area contributed by atoms with Crippen LogP contribution in [0.15, 0.2) is 18.2 Å². The summed E-state index contributed by atoms with van der Waals surface area (Å²) in [4.78, 5) is 26.2.